The molecule has 2 rings (SSSR count). The van der Waals surface area contributed by atoms with Gasteiger partial charge in [-0.1, -0.05) is 25.5 Å². The Morgan fingerprint density at radius 1 is 1.38 bits per heavy atom. The molecule has 0 bridgehead atoms. The first-order chi connectivity index (χ1) is 7.81. The van der Waals surface area contributed by atoms with Gasteiger partial charge in [0.05, 0.1) is 11.4 Å². The molecule has 0 amide bonds. The molecule has 1 aliphatic rings. The first kappa shape index (κ1) is 11.6. The number of nitrogens with two attached hydrogens (primary N) is 1. The van der Waals surface area contributed by atoms with Crippen molar-refractivity contribution in [3.05, 3.63) is 24.3 Å². The second-order valence-electron chi connectivity index (χ2n) is 4.26. The van der Waals surface area contributed by atoms with Crippen molar-refractivity contribution < 1.29 is 0 Å². The average Bonchev–Trinajstić information content (AvgIpc) is 2.70. The highest BCUT2D eigenvalue weighted by Crippen LogP contribution is 2.33. The Morgan fingerprint density at radius 3 is 2.94 bits per heavy atom. The van der Waals surface area contributed by atoms with E-state index in [2.05, 4.69) is 30.1 Å². The molecule has 2 unspecified atom stereocenters. The van der Waals surface area contributed by atoms with Gasteiger partial charge in [0, 0.05) is 11.3 Å². The van der Waals surface area contributed by atoms with E-state index in [9.17, 15) is 0 Å². The molecule has 0 aliphatic heterocycles. The van der Waals surface area contributed by atoms with Gasteiger partial charge in [0.2, 0.25) is 0 Å². The average molecular weight is 236 g/mol. The van der Waals surface area contributed by atoms with Crippen LogP contribution in [-0.4, -0.2) is 17.0 Å². The lowest BCUT2D eigenvalue weighted by Crippen LogP contribution is -2.26. The minimum absolute atomic E-state index is 0.592. The number of para-hydroxylation sites is 2. The van der Waals surface area contributed by atoms with E-state index in [-0.39, 0.29) is 0 Å². The molecule has 1 fully saturated rings. The van der Waals surface area contributed by atoms with E-state index in [4.69, 9.17) is 5.73 Å². The van der Waals surface area contributed by atoms with Gasteiger partial charge in [-0.2, -0.15) is 11.8 Å². The Balaban J connectivity index is 2.01. The third-order valence-corrected chi connectivity index (χ3v) is 4.46. The van der Waals surface area contributed by atoms with Crippen molar-refractivity contribution in [3.8, 4) is 0 Å². The molecular formula is C13H20N2S. The molecule has 1 aliphatic carbocycles. The van der Waals surface area contributed by atoms with Crippen LogP contribution < -0.4 is 11.1 Å². The summed E-state index contributed by atoms with van der Waals surface area (Å²) in [5, 5.41) is 4.35. The van der Waals surface area contributed by atoms with Crippen molar-refractivity contribution in [3.63, 3.8) is 0 Å². The summed E-state index contributed by atoms with van der Waals surface area (Å²) in [5.41, 5.74) is 7.90. The van der Waals surface area contributed by atoms with Gasteiger partial charge in [0.1, 0.15) is 0 Å². The molecule has 0 aromatic heterocycles. The van der Waals surface area contributed by atoms with E-state index in [0.717, 1.165) is 16.6 Å². The Kier molecular flexibility index (Phi) is 3.99. The molecule has 3 N–H and O–H groups in total. The van der Waals surface area contributed by atoms with E-state index >= 15 is 0 Å². The summed E-state index contributed by atoms with van der Waals surface area (Å²) in [4.78, 5) is 0. The van der Waals surface area contributed by atoms with Crippen LogP contribution in [0.1, 0.15) is 26.2 Å². The van der Waals surface area contributed by atoms with Crippen LogP contribution in [0.2, 0.25) is 0 Å². The molecule has 1 aromatic rings. The molecule has 0 radical (unpaired) electrons. The zero-order chi connectivity index (χ0) is 11.4. The van der Waals surface area contributed by atoms with Gasteiger partial charge >= 0.3 is 0 Å². The predicted octanol–water partition coefficient (Wildman–Crippen LogP) is 3.35. The third-order valence-electron chi connectivity index (χ3n) is 3.13. The highest BCUT2D eigenvalue weighted by atomic mass is 32.2. The maximum atomic E-state index is 5.95. The van der Waals surface area contributed by atoms with E-state index in [1.165, 1.54) is 25.0 Å². The Hall–Kier alpha value is -0.830. The second-order valence-corrected chi connectivity index (χ2v) is 5.78. The first-order valence-corrected chi connectivity index (χ1v) is 7.08. The predicted molar refractivity (Wildman–Crippen MR) is 74.0 cm³/mol. The minimum Gasteiger partial charge on any atom is -0.397 e. The van der Waals surface area contributed by atoms with Gasteiger partial charge in [-0.25, -0.2) is 0 Å². The molecule has 1 saturated carbocycles. The van der Waals surface area contributed by atoms with Crippen LogP contribution in [0.3, 0.4) is 0 Å². The molecule has 16 heavy (non-hydrogen) atoms. The van der Waals surface area contributed by atoms with Gasteiger partial charge in [0.25, 0.3) is 0 Å². The fourth-order valence-corrected chi connectivity index (χ4v) is 3.53. The number of hydrogen-bond acceptors (Lipinski definition) is 3. The van der Waals surface area contributed by atoms with Crippen LogP contribution in [-0.2, 0) is 0 Å². The number of nitrogen functional groups attached to an aromatic ring is 1. The van der Waals surface area contributed by atoms with Crippen LogP contribution in [0.5, 0.6) is 0 Å². The topological polar surface area (TPSA) is 38.0 Å². The summed E-state index contributed by atoms with van der Waals surface area (Å²) in [6.07, 6.45) is 3.94. The summed E-state index contributed by atoms with van der Waals surface area (Å²) in [6, 6.07) is 8.64. The van der Waals surface area contributed by atoms with Crippen molar-refractivity contribution in [1.82, 2.24) is 0 Å². The molecule has 0 heterocycles. The van der Waals surface area contributed by atoms with Crippen LogP contribution >= 0.6 is 11.8 Å². The van der Waals surface area contributed by atoms with Crippen molar-refractivity contribution >= 4 is 23.1 Å². The van der Waals surface area contributed by atoms with Crippen LogP contribution in [0.4, 0.5) is 11.4 Å². The molecule has 3 heteroatoms. The van der Waals surface area contributed by atoms with Crippen molar-refractivity contribution in [2.75, 3.05) is 16.8 Å². The Morgan fingerprint density at radius 2 is 2.19 bits per heavy atom. The number of rotatable bonds is 4. The second kappa shape index (κ2) is 5.48. The van der Waals surface area contributed by atoms with Crippen LogP contribution in [0.15, 0.2) is 24.3 Å². The van der Waals surface area contributed by atoms with E-state index in [1.807, 2.05) is 18.2 Å². The van der Waals surface area contributed by atoms with Crippen LogP contribution in [0.25, 0.3) is 0 Å². The lowest BCUT2D eigenvalue weighted by atomic mass is 10.2. The van der Waals surface area contributed by atoms with Gasteiger partial charge in [-0.3, -0.25) is 0 Å². The SMILES string of the molecule is CCSC1CCCC1Nc1ccccc1N. The lowest BCUT2D eigenvalue weighted by molar-refractivity contribution is 0.768. The van der Waals surface area contributed by atoms with Gasteiger partial charge in [0.15, 0.2) is 0 Å². The Labute approximate surface area is 102 Å². The molecule has 88 valence electrons. The highest BCUT2D eigenvalue weighted by Gasteiger charge is 2.27. The molecular weight excluding hydrogens is 216 g/mol. The molecule has 2 atom stereocenters. The fourth-order valence-electron chi connectivity index (χ4n) is 2.33. The normalized spacial score (nSPS) is 24.6. The number of nitrogens with one attached hydrogen (secondary N) is 1. The largest absolute Gasteiger partial charge is 0.397 e. The number of thioether (sulfide) groups is 1. The zero-order valence-electron chi connectivity index (χ0n) is 9.78. The standard InChI is InChI=1S/C13H20N2S/c1-2-16-13-9-5-8-12(13)15-11-7-4-3-6-10(11)14/h3-4,6-7,12-13,15H,2,5,8-9,14H2,1H3. The van der Waals surface area contributed by atoms with Gasteiger partial charge in [-0.15, -0.1) is 0 Å². The Bertz CT molecular complexity index is 340. The summed E-state index contributed by atoms with van der Waals surface area (Å²) < 4.78 is 0. The van der Waals surface area contributed by atoms with E-state index in [1.54, 1.807) is 0 Å². The van der Waals surface area contributed by atoms with Crippen molar-refractivity contribution in [1.29, 1.82) is 0 Å². The van der Waals surface area contributed by atoms with Gasteiger partial charge in [-0.05, 0) is 30.7 Å². The summed E-state index contributed by atoms with van der Waals surface area (Å²) in [6.45, 7) is 2.23. The highest BCUT2D eigenvalue weighted by molar-refractivity contribution is 7.99. The van der Waals surface area contributed by atoms with E-state index < -0.39 is 0 Å². The van der Waals surface area contributed by atoms with Crippen LogP contribution in [0, 0.1) is 0 Å². The molecule has 0 saturated heterocycles. The third kappa shape index (κ3) is 2.64. The maximum Gasteiger partial charge on any atom is 0.0576 e. The fraction of sp³-hybridized carbons (Fsp3) is 0.538. The summed E-state index contributed by atoms with van der Waals surface area (Å²) in [5.74, 6) is 1.20. The summed E-state index contributed by atoms with van der Waals surface area (Å²) in [7, 11) is 0. The van der Waals surface area contributed by atoms with Crippen molar-refractivity contribution in [2.24, 2.45) is 0 Å². The maximum absolute atomic E-state index is 5.95. The smallest absolute Gasteiger partial charge is 0.0576 e. The van der Waals surface area contributed by atoms with E-state index in [0.29, 0.717) is 6.04 Å². The first-order valence-electron chi connectivity index (χ1n) is 6.04. The molecule has 0 spiro atoms. The van der Waals surface area contributed by atoms with Crippen molar-refractivity contribution in [2.45, 2.75) is 37.5 Å². The zero-order valence-corrected chi connectivity index (χ0v) is 10.6. The summed E-state index contributed by atoms with van der Waals surface area (Å²) >= 11 is 2.07. The van der Waals surface area contributed by atoms with Gasteiger partial charge < -0.3 is 11.1 Å². The number of anilines is 2. The number of hydrogen-bond donors (Lipinski definition) is 2. The lowest BCUT2D eigenvalue weighted by Gasteiger charge is -2.22. The monoisotopic (exact) mass is 236 g/mol. The minimum atomic E-state index is 0.592. The number of benzene rings is 1. The molecule has 2 nitrogen and oxygen atoms in total. The quantitative estimate of drug-likeness (QED) is 0.787. The molecule has 1 aromatic carbocycles.